The third kappa shape index (κ3) is 2.86. The number of rotatable bonds is 2. The quantitative estimate of drug-likeness (QED) is 0.533. The van der Waals surface area contributed by atoms with Crippen LogP contribution in [0.1, 0.15) is 54.0 Å². The summed E-state index contributed by atoms with van der Waals surface area (Å²) in [5, 5.41) is 1.81. The molecule has 0 saturated carbocycles. The Kier molecular flexibility index (Phi) is 4.45. The van der Waals surface area contributed by atoms with Crippen molar-refractivity contribution in [1.82, 2.24) is 0 Å². The second-order valence-corrected chi connectivity index (χ2v) is 16.5. The largest absolute Gasteiger partial charge is 0.123 e. The Morgan fingerprint density at radius 1 is 0.952 bits per heavy atom. The SMILES string of the molecule is Cc1ccc(S[C@H]2C[Si](C(C)(C)C)(C(C)(C)C)[C@@H]2C)cc1. The van der Waals surface area contributed by atoms with Gasteiger partial charge < -0.3 is 0 Å². The highest BCUT2D eigenvalue weighted by atomic mass is 32.2. The van der Waals surface area contributed by atoms with Gasteiger partial charge in [-0.05, 0) is 40.7 Å². The first kappa shape index (κ1) is 17.1. The average Bonchev–Trinajstić information content (AvgIpc) is 2.32. The van der Waals surface area contributed by atoms with Gasteiger partial charge in [0.05, 0.1) is 8.07 Å². The van der Waals surface area contributed by atoms with Crippen LogP contribution in [-0.2, 0) is 0 Å². The van der Waals surface area contributed by atoms with Gasteiger partial charge in [-0.15, -0.1) is 11.8 Å². The van der Waals surface area contributed by atoms with Crippen molar-refractivity contribution in [3.05, 3.63) is 29.8 Å². The van der Waals surface area contributed by atoms with Crippen molar-refractivity contribution in [3.63, 3.8) is 0 Å². The standard InChI is InChI=1S/C19H32SSi/c1-14-9-11-16(12-10-14)20-17-13-21(15(17)2,18(3,4)5)19(6,7)8/h9-12,15,17H,13H2,1-8H3/t15-,17+/m1/s1. The molecule has 2 rings (SSSR count). The van der Waals surface area contributed by atoms with Crippen molar-refractivity contribution < 1.29 is 0 Å². The zero-order chi connectivity index (χ0) is 16.1. The van der Waals surface area contributed by atoms with Crippen LogP contribution >= 0.6 is 11.8 Å². The lowest BCUT2D eigenvalue weighted by Gasteiger charge is -2.65. The van der Waals surface area contributed by atoms with Crippen LogP contribution in [0.3, 0.4) is 0 Å². The van der Waals surface area contributed by atoms with Crippen molar-refractivity contribution in [2.75, 3.05) is 0 Å². The fourth-order valence-electron chi connectivity index (χ4n) is 4.88. The average molecular weight is 321 g/mol. The van der Waals surface area contributed by atoms with E-state index in [4.69, 9.17) is 0 Å². The summed E-state index contributed by atoms with van der Waals surface area (Å²) in [6, 6.07) is 10.5. The predicted molar refractivity (Wildman–Crippen MR) is 100 cm³/mol. The van der Waals surface area contributed by atoms with Crippen molar-refractivity contribution in [3.8, 4) is 0 Å². The Morgan fingerprint density at radius 3 is 1.81 bits per heavy atom. The van der Waals surface area contributed by atoms with Crippen molar-refractivity contribution in [1.29, 1.82) is 0 Å². The number of hydrogen-bond acceptors (Lipinski definition) is 1. The second kappa shape index (κ2) is 5.45. The molecule has 0 unspecified atom stereocenters. The molecule has 1 fully saturated rings. The van der Waals surface area contributed by atoms with E-state index in [1.807, 2.05) is 0 Å². The van der Waals surface area contributed by atoms with Gasteiger partial charge in [-0.25, -0.2) is 0 Å². The van der Waals surface area contributed by atoms with Gasteiger partial charge in [-0.1, -0.05) is 66.2 Å². The predicted octanol–water partition coefficient (Wildman–Crippen LogP) is 6.91. The minimum Gasteiger partial charge on any atom is -0.123 e. The molecule has 1 aromatic carbocycles. The van der Waals surface area contributed by atoms with E-state index >= 15 is 0 Å². The molecule has 0 aliphatic carbocycles. The zero-order valence-corrected chi connectivity index (χ0v) is 16.9. The highest BCUT2D eigenvalue weighted by Crippen LogP contribution is 2.69. The van der Waals surface area contributed by atoms with Gasteiger partial charge in [0.15, 0.2) is 0 Å². The number of thioether (sulfide) groups is 1. The van der Waals surface area contributed by atoms with Crippen LogP contribution in [0.5, 0.6) is 0 Å². The van der Waals surface area contributed by atoms with Gasteiger partial charge in [0, 0.05) is 10.1 Å². The molecule has 1 saturated heterocycles. The summed E-state index contributed by atoms with van der Waals surface area (Å²) in [6.07, 6.45) is 0. The Balaban J connectivity index is 2.17. The van der Waals surface area contributed by atoms with E-state index in [1.54, 1.807) is 0 Å². The van der Waals surface area contributed by atoms with E-state index in [1.165, 1.54) is 16.5 Å². The van der Waals surface area contributed by atoms with E-state index in [2.05, 4.69) is 91.4 Å². The smallest absolute Gasteiger partial charge is 0.0694 e. The molecule has 2 atom stereocenters. The van der Waals surface area contributed by atoms with E-state index in [0.29, 0.717) is 10.1 Å². The van der Waals surface area contributed by atoms with Crippen molar-refractivity contribution in [2.24, 2.45) is 0 Å². The second-order valence-electron chi connectivity index (χ2n) is 8.93. The maximum atomic E-state index is 2.54. The molecular formula is C19H32SSi. The van der Waals surface area contributed by atoms with Crippen LogP contribution in [0.2, 0.25) is 21.7 Å². The minimum atomic E-state index is -1.30. The Bertz CT molecular complexity index is 476. The van der Waals surface area contributed by atoms with Crippen LogP contribution < -0.4 is 0 Å². The summed E-state index contributed by atoms with van der Waals surface area (Å²) in [5.74, 6) is 0. The van der Waals surface area contributed by atoms with Crippen LogP contribution in [0.4, 0.5) is 0 Å². The summed E-state index contributed by atoms with van der Waals surface area (Å²) in [5.41, 5.74) is 2.25. The van der Waals surface area contributed by atoms with Gasteiger partial charge in [0.25, 0.3) is 0 Å². The highest BCUT2D eigenvalue weighted by Gasteiger charge is 2.64. The Hall–Kier alpha value is -0.213. The first-order valence-electron chi connectivity index (χ1n) is 8.22. The van der Waals surface area contributed by atoms with E-state index < -0.39 is 8.07 Å². The Morgan fingerprint density at radius 2 is 1.43 bits per heavy atom. The molecule has 1 heterocycles. The molecule has 1 aliphatic heterocycles. The molecule has 0 aromatic heterocycles. The normalized spacial score (nSPS) is 25.5. The molecule has 0 amide bonds. The zero-order valence-electron chi connectivity index (χ0n) is 15.1. The molecule has 0 N–H and O–H groups in total. The van der Waals surface area contributed by atoms with Crippen molar-refractivity contribution >= 4 is 19.8 Å². The van der Waals surface area contributed by atoms with Gasteiger partial charge >= 0.3 is 0 Å². The van der Waals surface area contributed by atoms with E-state index in [-0.39, 0.29) is 0 Å². The van der Waals surface area contributed by atoms with Gasteiger partial charge in [0.1, 0.15) is 0 Å². The van der Waals surface area contributed by atoms with E-state index in [9.17, 15) is 0 Å². The maximum Gasteiger partial charge on any atom is 0.0694 e. The Labute approximate surface area is 137 Å². The van der Waals surface area contributed by atoms with Gasteiger partial charge in [0.2, 0.25) is 0 Å². The lowest BCUT2D eigenvalue weighted by Crippen LogP contribution is -2.65. The fraction of sp³-hybridized carbons (Fsp3) is 0.684. The molecule has 118 valence electrons. The van der Waals surface area contributed by atoms with Gasteiger partial charge in [-0.3, -0.25) is 0 Å². The number of hydrogen-bond donors (Lipinski definition) is 0. The molecule has 0 spiro atoms. The van der Waals surface area contributed by atoms with Crippen LogP contribution in [0.15, 0.2) is 29.2 Å². The van der Waals surface area contributed by atoms with Crippen LogP contribution in [-0.4, -0.2) is 13.3 Å². The third-order valence-corrected chi connectivity index (χ3v) is 16.2. The summed E-state index contributed by atoms with van der Waals surface area (Å²) < 4.78 is 0. The molecule has 0 nitrogen and oxygen atoms in total. The third-order valence-electron chi connectivity index (χ3n) is 5.84. The molecule has 0 radical (unpaired) electrons. The summed E-state index contributed by atoms with van der Waals surface area (Å²) in [4.78, 5) is 1.45. The van der Waals surface area contributed by atoms with Crippen LogP contribution in [0.25, 0.3) is 0 Å². The number of aryl methyl sites for hydroxylation is 1. The minimum absolute atomic E-state index is 0.495. The summed E-state index contributed by atoms with van der Waals surface area (Å²) >= 11 is 2.12. The van der Waals surface area contributed by atoms with Crippen LogP contribution in [0, 0.1) is 6.92 Å². The van der Waals surface area contributed by atoms with E-state index in [0.717, 1.165) is 10.8 Å². The molecule has 0 bridgehead atoms. The summed E-state index contributed by atoms with van der Waals surface area (Å²) in [7, 11) is -1.30. The van der Waals surface area contributed by atoms with Crippen molar-refractivity contribution in [2.45, 2.75) is 87.2 Å². The highest BCUT2D eigenvalue weighted by molar-refractivity contribution is 8.00. The van der Waals surface area contributed by atoms with Gasteiger partial charge in [-0.2, -0.15) is 0 Å². The lowest BCUT2D eigenvalue weighted by molar-refractivity contribution is 0.523. The topological polar surface area (TPSA) is 0 Å². The lowest BCUT2D eigenvalue weighted by atomic mass is 10.2. The molecular weight excluding hydrogens is 288 g/mol. The maximum absolute atomic E-state index is 2.54. The summed E-state index contributed by atoms with van der Waals surface area (Å²) in [6.45, 7) is 19.7. The molecule has 21 heavy (non-hydrogen) atoms. The first-order valence-corrected chi connectivity index (χ1v) is 11.4. The number of benzene rings is 1. The molecule has 2 heteroatoms. The molecule has 1 aromatic rings. The first-order chi connectivity index (χ1) is 9.49. The monoisotopic (exact) mass is 320 g/mol. The molecule has 1 aliphatic rings. The fourth-order valence-corrected chi connectivity index (χ4v) is 15.6.